The molecule has 0 spiro atoms. The van der Waals surface area contributed by atoms with Crippen LogP contribution in [0.3, 0.4) is 0 Å². The Hall–Kier alpha value is -4.11. The lowest BCUT2D eigenvalue weighted by Gasteiger charge is -2.15. The number of urea groups is 1. The van der Waals surface area contributed by atoms with Crippen LogP contribution in [0.1, 0.15) is 23.7 Å². The van der Waals surface area contributed by atoms with Crippen molar-refractivity contribution >= 4 is 52.6 Å². The van der Waals surface area contributed by atoms with Crippen molar-refractivity contribution in [2.45, 2.75) is 23.5 Å². The van der Waals surface area contributed by atoms with Gasteiger partial charge < -0.3 is 15.4 Å². The van der Waals surface area contributed by atoms with Crippen LogP contribution in [0, 0.1) is 0 Å². The quantitative estimate of drug-likeness (QED) is 0.360. The van der Waals surface area contributed by atoms with Crippen molar-refractivity contribution in [3.8, 4) is 0 Å². The molecule has 35 heavy (non-hydrogen) atoms. The maximum atomic E-state index is 13.0. The smallest absolute Gasteiger partial charge is 0.338 e. The van der Waals surface area contributed by atoms with Gasteiger partial charge in [-0.15, -0.1) is 11.8 Å². The van der Waals surface area contributed by atoms with Gasteiger partial charge in [0.05, 0.1) is 23.1 Å². The molecule has 1 atom stereocenters. The van der Waals surface area contributed by atoms with Crippen molar-refractivity contribution in [1.82, 2.24) is 0 Å². The van der Waals surface area contributed by atoms with Crippen LogP contribution >= 0.6 is 11.8 Å². The second-order valence-corrected chi connectivity index (χ2v) is 8.89. The molecule has 2 N–H and O–H groups in total. The standard InChI is InChI=1S/C26H23N3O5S/c1-2-34-25(32)17-8-12-20(13-9-17)29-23(30)16-22(24(29)31)35-21-14-10-19(11-15-21)28-26(33)27-18-6-4-3-5-7-18/h3-15,22H,2,16H2,1H3,(H2,27,28,33)/t22-/m0/s1. The normalized spacial score (nSPS) is 15.1. The van der Waals surface area contributed by atoms with Crippen LogP contribution in [0.15, 0.2) is 83.8 Å². The molecule has 0 bridgehead atoms. The fourth-order valence-electron chi connectivity index (χ4n) is 3.52. The highest BCUT2D eigenvalue weighted by molar-refractivity contribution is 8.00. The number of carbonyl (C=O) groups excluding carboxylic acids is 4. The monoisotopic (exact) mass is 489 g/mol. The van der Waals surface area contributed by atoms with Gasteiger partial charge in [-0.2, -0.15) is 0 Å². The molecule has 8 nitrogen and oxygen atoms in total. The number of nitrogens with one attached hydrogen (secondary N) is 2. The van der Waals surface area contributed by atoms with E-state index < -0.39 is 11.2 Å². The van der Waals surface area contributed by atoms with Crippen molar-refractivity contribution in [3.05, 3.63) is 84.4 Å². The number of hydrogen-bond donors (Lipinski definition) is 2. The fourth-order valence-corrected chi connectivity index (χ4v) is 4.58. The van der Waals surface area contributed by atoms with Crippen LogP contribution in [0.2, 0.25) is 0 Å². The van der Waals surface area contributed by atoms with Gasteiger partial charge in [-0.05, 0) is 67.6 Å². The van der Waals surface area contributed by atoms with Crippen molar-refractivity contribution < 1.29 is 23.9 Å². The van der Waals surface area contributed by atoms with Gasteiger partial charge in [0.1, 0.15) is 0 Å². The molecule has 0 radical (unpaired) electrons. The molecule has 3 aromatic rings. The van der Waals surface area contributed by atoms with E-state index in [0.717, 1.165) is 9.80 Å². The van der Waals surface area contributed by atoms with Crippen molar-refractivity contribution in [3.63, 3.8) is 0 Å². The third-order valence-electron chi connectivity index (χ3n) is 5.16. The van der Waals surface area contributed by atoms with E-state index in [1.807, 2.05) is 18.2 Å². The summed E-state index contributed by atoms with van der Waals surface area (Å²) < 4.78 is 4.96. The summed E-state index contributed by atoms with van der Waals surface area (Å²) in [5.74, 6) is -1.07. The molecule has 1 aliphatic rings. The maximum Gasteiger partial charge on any atom is 0.338 e. The number of nitrogens with zero attached hydrogens (tertiary/aromatic N) is 1. The number of imide groups is 1. The lowest BCUT2D eigenvalue weighted by atomic mass is 10.2. The summed E-state index contributed by atoms with van der Waals surface area (Å²) in [7, 11) is 0. The number of amides is 4. The van der Waals surface area contributed by atoms with E-state index in [2.05, 4.69) is 10.6 Å². The van der Waals surface area contributed by atoms with Gasteiger partial charge in [0, 0.05) is 22.7 Å². The first kappa shape index (κ1) is 24.0. The largest absolute Gasteiger partial charge is 0.462 e. The average molecular weight is 490 g/mol. The van der Waals surface area contributed by atoms with E-state index in [9.17, 15) is 19.2 Å². The molecule has 0 unspecified atom stereocenters. The molecule has 178 valence electrons. The summed E-state index contributed by atoms with van der Waals surface area (Å²) in [4.78, 5) is 51.5. The Balaban J connectivity index is 1.35. The third kappa shape index (κ3) is 5.88. The average Bonchev–Trinajstić information content (AvgIpc) is 3.13. The van der Waals surface area contributed by atoms with Gasteiger partial charge in [-0.1, -0.05) is 18.2 Å². The Bertz CT molecular complexity index is 1230. The van der Waals surface area contributed by atoms with Crippen LogP contribution in [0.25, 0.3) is 0 Å². The Labute approximate surface area is 206 Å². The van der Waals surface area contributed by atoms with Crippen LogP contribution in [0.5, 0.6) is 0 Å². The topological polar surface area (TPSA) is 105 Å². The first-order valence-corrected chi connectivity index (χ1v) is 11.9. The molecule has 0 aromatic heterocycles. The second-order valence-electron chi connectivity index (χ2n) is 7.61. The maximum absolute atomic E-state index is 13.0. The van der Waals surface area contributed by atoms with E-state index in [0.29, 0.717) is 22.6 Å². The van der Waals surface area contributed by atoms with Crippen LogP contribution in [0.4, 0.5) is 21.9 Å². The summed E-state index contributed by atoms with van der Waals surface area (Å²) in [5.41, 5.74) is 2.05. The minimum absolute atomic E-state index is 0.0720. The van der Waals surface area contributed by atoms with Gasteiger partial charge in [0.25, 0.3) is 0 Å². The van der Waals surface area contributed by atoms with Crippen LogP contribution in [-0.4, -0.2) is 35.7 Å². The van der Waals surface area contributed by atoms with Gasteiger partial charge in [0.2, 0.25) is 11.8 Å². The van der Waals surface area contributed by atoms with Gasteiger partial charge in [-0.25, -0.2) is 14.5 Å². The Morgan fingerprint density at radius 3 is 2.17 bits per heavy atom. The lowest BCUT2D eigenvalue weighted by Crippen LogP contribution is -2.31. The number of esters is 1. The molecule has 1 fully saturated rings. The molecule has 4 amide bonds. The van der Waals surface area contributed by atoms with Crippen molar-refractivity contribution in [2.75, 3.05) is 22.1 Å². The summed E-state index contributed by atoms with van der Waals surface area (Å²) in [6, 6.07) is 22.0. The molecule has 1 heterocycles. The van der Waals surface area contributed by atoms with E-state index in [1.165, 1.54) is 23.9 Å². The Morgan fingerprint density at radius 1 is 0.914 bits per heavy atom. The van der Waals surface area contributed by atoms with Gasteiger partial charge in [-0.3, -0.25) is 9.59 Å². The van der Waals surface area contributed by atoms with E-state index in [-0.39, 0.29) is 30.9 Å². The van der Waals surface area contributed by atoms with Crippen molar-refractivity contribution in [1.29, 1.82) is 0 Å². The van der Waals surface area contributed by atoms with Gasteiger partial charge >= 0.3 is 12.0 Å². The van der Waals surface area contributed by atoms with Crippen molar-refractivity contribution in [2.24, 2.45) is 0 Å². The minimum Gasteiger partial charge on any atom is -0.462 e. The molecule has 1 aliphatic heterocycles. The number of para-hydroxylation sites is 1. The first-order valence-electron chi connectivity index (χ1n) is 11.0. The van der Waals surface area contributed by atoms with Crippen LogP contribution < -0.4 is 15.5 Å². The fraction of sp³-hybridized carbons (Fsp3) is 0.154. The summed E-state index contributed by atoms with van der Waals surface area (Å²) in [6.45, 7) is 1.99. The Morgan fingerprint density at radius 2 is 1.54 bits per heavy atom. The van der Waals surface area contributed by atoms with E-state index >= 15 is 0 Å². The van der Waals surface area contributed by atoms with Crippen LogP contribution in [-0.2, 0) is 14.3 Å². The number of rotatable bonds is 7. The molecular weight excluding hydrogens is 466 g/mol. The summed E-state index contributed by atoms with van der Waals surface area (Å²) in [5, 5.41) is 4.93. The second kappa shape index (κ2) is 10.9. The van der Waals surface area contributed by atoms with E-state index in [4.69, 9.17) is 4.74 Å². The minimum atomic E-state index is -0.563. The highest BCUT2D eigenvalue weighted by atomic mass is 32.2. The zero-order valence-corrected chi connectivity index (χ0v) is 19.7. The number of carbonyl (C=O) groups is 4. The summed E-state index contributed by atoms with van der Waals surface area (Å²) in [6.07, 6.45) is 0.0720. The molecular formula is C26H23N3O5S. The predicted molar refractivity (Wildman–Crippen MR) is 135 cm³/mol. The number of benzene rings is 3. The Kier molecular flexibility index (Phi) is 7.47. The lowest BCUT2D eigenvalue weighted by molar-refractivity contribution is -0.121. The predicted octanol–water partition coefficient (Wildman–Crippen LogP) is 4.93. The third-order valence-corrected chi connectivity index (χ3v) is 6.36. The molecule has 3 aromatic carbocycles. The SMILES string of the molecule is CCOC(=O)c1ccc(N2C(=O)C[C@H](Sc3ccc(NC(=O)Nc4ccccc4)cc3)C2=O)cc1. The molecule has 4 rings (SSSR count). The molecule has 0 aliphatic carbocycles. The molecule has 9 heteroatoms. The number of hydrogen-bond acceptors (Lipinski definition) is 6. The highest BCUT2D eigenvalue weighted by Gasteiger charge is 2.40. The molecule has 1 saturated heterocycles. The zero-order valence-electron chi connectivity index (χ0n) is 18.9. The number of thioether (sulfide) groups is 1. The zero-order chi connectivity index (χ0) is 24.8. The first-order chi connectivity index (χ1) is 16.9. The number of ether oxygens (including phenoxy) is 1. The summed E-state index contributed by atoms with van der Waals surface area (Å²) >= 11 is 1.29. The van der Waals surface area contributed by atoms with E-state index in [1.54, 1.807) is 55.5 Å². The number of anilines is 3. The molecule has 0 saturated carbocycles. The van der Waals surface area contributed by atoms with Gasteiger partial charge in [0.15, 0.2) is 0 Å². The highest BCUT2D eigenvalue weighted by Crippen LogP contribution is 2.34.